The van der Waals surface area contributed by atoms with E-state index in [2.05, 4.69) is 18.7 Å². The first-order valence-corrected chi connectivity index (χ1v) is 4.69. The summed E-state index contributed by atoms with van der Waals surface area (Å²) < 4.78 is 5.58. The highest BCUT2D eigenvalue weighted by Gasteiger charge is 2.20. The highest BCUT2D eigenvalue weighted by atomic mass is 35.5. The summed E-state index contributed by atoms with van der Waals surface area (Å²) in [5, 5.41) is 0. The number of halogens is 1. The van der Waals surface area contributed by atoms with Crippen LogP contribution in [0.25, 0.3) is 0 Å². The number of morpholine rings is 1. The minimum absolute atomic E-state index is 0.363. The van der Waals surface area contributed by atoms with Gasteiger partial charge in [-0.3, -0.25) is 4.90 Å². The maximum atomic E-state index is 5.65. The van der Waals surface area contributed by atoms with Crippen molar-refractivity contribution >= 4 is 11.6 Å². The summed E-state index contributed by atoms with van der Waals surface area (Å²) in [5.41, 5.74) is 0. The van der Waals surface area contributed by atoms with Crippen LogP contribution in [0.15, 0.2) is 0 Å². The Hall–Kier alpha value is 0.210. The van der Waals surface area contributed by atoms with Gasteiger partial charge in [0.1, 0.15) is 0 Å². The molecule has 0 unspecified atom stereocenters. The van der Waals surface area contributed by atoms with E-state index in [4.69, 9.17) is 16.3 Å². The molecule has 0 radical (unpaired) electrons. The predicted octanol–water partition coefficient (Wildman–Crippen LogP) is 1.33. The van der Waals surface area contributed by atoms with Crippen LogP contribution in [0.4, 0.5) is 0 Å². The monoisotopic (exact) mass is 177 g/mol. The Labute approximate surface area is 73.5 Å². The minimum Gasteiger partial charge on any atom is -0.373 e. The molecule has 66 valence electrons. The summed E-state index contributed by atoms with van der Waals surface area (Å²) in [7, 11) is 0. The lowest BCUT2D eigenvalue weighted by Gasteiger charge is -2.34. The SMILES string of the molecule is C[C@@H]1CN(CCCl)C[C@H](C)O1. The molecule has 0 aliphatic carbocycles. The second-order valence-corrected chi connectivity index (χ2v) is 3.58. The third kappa shape index (κ3) is 2.97. The Kier molecular flexibility index (Phi) is 3.63. The molecule has 1 aliphatic heterocycles. The first kappa shape index (κ1) is 9.30. The number of rotatable bonds is 2. The van der Waals surface area contributed by atoms with Crippen LogP contribution < -0.4 is 0 Å². The molecule has 0 N–H and O–H groups in total. The molecule has 1 rings (SSSR count). The Morgan fingerprint density at radius 3 is 2.36 bits per heavy atom. The fourth-order valence-electron chi connectivity index (χ4n) is 1.59. The summed E-state index contributed by atoms with van der Waals surface area (Å²) in [5.74, 6) is 0.722. The van der Waals surface area contributed by atoms with Gasteiger partial charge < -0.3 is 4.74 Å². The molecule has 1 fully saturated rings. The summed E-state index contributed by atoms with van der Waals surface area (Å²) >= 11 is 5.65. The molecule has 1 heterocycles. The lowest BCUT2D eigenvalue weighted by molar-refractivity contribution is -0.0661. The Morgan fingerprint density at radius 2 is 1.91 bits per heavy atom. The van der Waals surface area contributed by atoms with Crippen LogP contribution in [0, 0.1) is 0 Å². The van der Waals surface area contributed by atoms with E-state index < -0.39 is 0 Å². The lowest BCUT2D eigenvalue weighted by atomic mass is 10.2. The zero-order valence-corrected chi connectivity index (χ0v) is 7.97. The van der Waals surface area contributed by atoms with Crippen molar-refractivity contribution in [2.75, 3.05) is 25.5 Å². The van der Waals surface area contributed by atoms with Crippen molar-refractivity contribution in [3.05, 3.63) is 0 Å². The Balaban J connectivity index is 2.30. The van der Waals surface area contributed by atoms with Gasteiger partial charge in [0.2, 0.25) is 0 Å². The van der Waals surface area contributed by atoms with Crippen molar-refractivity contribution in [3.63, 3.8) is 0 Å². The van der Waals surface area contributed by atoms with Gasteiger partial charge in [-0.25, -0.2) is 0 Å². The van der Waals surface area contributed by atoms with E-state index in [-0.39, 0.29) is 0 Å². The number of ether oxygens (including phenoxy) is 1. The molecule has 1 saturated heterocycles. The van der Waals surface area contributed by atoms with Crippen LogP contribution >= 0.6 is 11.6 Å². The lowest BCUT2D eigenvalue weighted by Crippen LogP contribution is -2.45. The first-order chi connectivity index (χ1) is 5.22. The number of nitrogens with zero attached hydrogens (tertiary/aromatic N) is 1. The molecule has 11 heavy (non-hydrogen) atoms. The molecule has 3 heteroatoms. The van der Waals surface area contributed by atoms with E-state index >= 15 is 0 Å². The Bertz CT molecular complexity index is 111. The predicted molar refractivity (Wildman–Crippen MR) is 47.2 cm³/mol. The molecule has 2 atom stereocenters. The minimum atomic E-state index is 0.363. The van der Waals surface area contributed by atoms with Crippen molar-refractivity contribution in [1.82, 2.24) is 4.90 Å². The van der Waals surface area contributed by atoms with E-state index in [0.29, 0.717) is 12.2 Å². The van der Waals surface area contributed by atoms with E-state index in [1.165, 1.54) is 0 Å². The molecule has 2 nitrogen and oxygen atoms in total. The van der Waals surface area contributed by atoms with Gasteiger partial charge in [0.15, 0.2) is 0 Å². The van der Waals surface area contributed by atoms with Crippen molar-refractivity contribution in [3.8, 4) is 0 Å². The molecule has 1 aliphatic rings. The zero-order chi connectivity index (χ0) is 8.27. The highest BCUT2D eigenvalue weighted by molar-refractivity contribution is 6.18. The van der Waals surface area contributed by atoms with E-state index in [1.807, 2.05) is 0 Å². The van der Waals surface area contributed by atoms with Gasteiger partial charge in [0.05, 0.1) is 12.2 Å². The fourth-order valence-corrected chi connectivity index (χ4v) is 1.83. The fraction of sp³-hybridized carbons (Fsp3) is 1.00. The van der Waals surface area contributed by atoms with Gasteiger partial charge in [0, 0.05) is 25.5 Å². The molecule has 0 aromatic carbocycles. The molecule has 0 spiro atoms. The highest BCUT2D eigenvalue weighted by Crippen LogP contribution is 2.09. The van der Waals surface area contributed by atoms with Crippen LogP contribution in [0.2, 0.25) is 0 Å². The molecular weight excluding hydrogens is 162 g/mol. The molecule has 0 aromatic heterocycles. The standard InChI is InChI=1S/C8H16ClNO/c1-7-5-10(4-3-9)6-8(2)11-7/h7-8H,3-6H2,1-2H3/t7-,8+. The maximum Gasteiger partial charge on any atom is 0.0678 e. The second-order valence-electron chi connectivity index (χ2n) is 3.21. The number of hydrogen-bond donors (Lipinski definition) is 0. The number of alkyl halides is 1. The van der Waals surface area contributed by atoms with Crippen LogP contribution in [0.5, 0.6) is 0 Å². The second kappa shape index (κ2) is 4.29. The molecule has 0 bridgehead atoms. The van der Waals surface area contributed by atoms with Gasteiger partial charge in [-0.2, -0.15) is 0 Å². The summed E-state index contributed by atoms with van der Waals surface area (Å²) in [6.45, 7) is 7.25. The first-order valence-electron chi connectivity index (χ1n) is 4.16. The summed E-state index contributed by atoms with van der Waals surface area (Å²) in [4.78, 5) is 2.35. The van der Waals surface area contributed by atoms with Crippen LogP contribution in [0.1, 0.15) is 13.8 Å². The summed E-state index contributed by atoms with van der Waals surface area (Å²) in [6.07, 6.45) is 0.726. The van der Waals surface area contributed by atoms with Crippen molar-refractivity contribution in [1.29, 1.82) is 0 Å². The van der Waals surface area contributed by atoms with Gasteiger partial charge in [-0.1, -0.05) is 0 Å². The van der Waals surface area contributed by atoms with Crippen molar-refractivity contribution in [2.45, 2.75) is 26.1 Å². The third-order valence-corrected chi connectivity index (χ3v) is 2.07. The topological polar surface area (TPSA) is 12.5 Å². The van der Waals surface area contributed by atoms with Gasteiger partial charge >= 0.3 is 0 Å². The number of hydrogen-bond acceptors (Lipinski definition) is 2. The summed E-state index contributed by atoms with van der Waals surface area (Å²) in [6, 6.07) is 0. The smallest absolute Gasteiger partial charge is 0.0678 e. The largest absolute Gasteiger partial charge is 0.373 e. The third-order valence-electron chi connectivity index (χ3n) is 1.90. The van der Waals surface area contributed by atoms with Gasteiger partial charge in [0.25, 0.3) is 0 Å². The molecular formula is C8H16ClNO. The normalized spacial score (nSPS) is 34.1. The zero-order valence-electron chi connectivity index (χ0n) is 7.22. The van der Waals surface area contributed by atoms with Gasteiger partial charge in [-0.05, 0) is 13.8 Å². The van der Waals surface area contributed by atoms with Crippen molar-refractivity contribution in [2.24, 2.45) is 0 Å². The van der Waals surface area contributed by atoms with E-state index in [1.54, 1.807) is 0 Å². The van der Waals surface area contributed by atoms with Crippen molar-refractivity contribution < 1.29 is 4.74 Å². The van der Waals surface area contributed by atoms with Crippen LogP contribution in [-0.2, 0) is 4.74 Å². The van der Waals surface area contributed by atoms with E-state index in [0.717, 1.165) is 25.5 Å². The molecule has 0 saturated carbocycles. The average molecular weight is 178 g/mol. The Morgan fingerprint density at radius 1 is 1.36 bits per heavy atom. The quantitative estimate of drug-likeness (QED) is 0.591. The van der Waals surface area contributed by atoms with Gasteiger partial charge in [-0.15, -0.1) is 11.6 Å². The molecule has 0 aromatic rings. The average Bonchev–Trinajstić information content (AvgIpc) is 1.85. The van der Waals surface area contributed by atoms with Crippen LogP contribution in [0.3, 0.4) is 0 Å². The van der Waals surface area contributed by atoms with E-state index in [9.17, 15) is 0 Å². The maximum absolute atomic E-state index is 5.65. The molecule has 0 amide bonds. The van der Waals surface area contributed by atoms with Crippen LogP contribution in [-0.4, -0.2) is 42.6 Å².